The fraction of sp³-hybridized carbons (Fsp3) is 0.700. The van der Waals surface area contributed by atoms with Crippen LogP contribution in [0.4, 0.5) is 4.39 Å². The van der Waals surface area contributed by atoms with E-state index in [1.165, 1.54) is 0 Å². The van der Waals surface area contributed by atoms with Crippen LogP contribution in [0.3, 0.4) is 0 Å². The van der Waals surface area contributed by atoms with E-state index in [1.807, 2.05) is 5.92 Å². The highest BCUT2D eigenvalue weighted by molar-refractivity contribution is 5.75. The summed E-state index contributed by atoms with van der Waals surface area (Å²) in [5.74, 6) is 3.06. The Bertz CT molecular complexity index is 203. The van der Waals surface area contributed by atoms with Crippen molar-refractivity contribution < 1.29 is 14.3 Å². The van der Waals surface area contributed by atoms with Crippen LogP contribution in [-0.2, 0) is 4.79 Å². The minimum atomic E-state index is -2.02. The van der Waals surface area contributed by atoms with Crippen LogP contribution < -0.4 is 0 Å². The molecule has 0 aliphatic heterocycles. The molecule has 0 saturated carbocycles. The number of halogens is 1. The molecule has 0 bridgehead atoms. The van der Waals surface area contributed by atoms with Gasteiger partial charge < -0.3 is 5.11 Å². The maximum atomic E-state index is 12.3. The van der Waals surface area contributed by atoms with Crippen molar-refractivity contribution in [3.8, 4) is 11.8 Å². The van der Waals surface area contributed by atoms with E-state index < -0.39 is 12.1 Å². The zero-order valence-corrected chi connectivity index (χ0v) is 7.85. The summed E-state index contributed by atoms with van der Waals surface area (Å²) in [7, 11) is 0. The predicted octanol–water partition coefficient (Wildman–Crippen LogP) is 2.38. The Morgan fingerprint density at radius 1 is 1.46 bits per heavy atom. The standard InChI is InChI=1S/C10H15FO2/c1-2-3-4-5-6-7-8-9(11)10(12)13/h9H,2-6H2,1H3,(H,12,13)/t9-/m0/s1. The second-order valence-electron chi connectivity index (χ2n) is 2.83. The summed E-state index contributed by atoms with van der Waals surface area (Å²) in [5.41, 5.74) is 0. The third kappa shape index (κ3) is 7.32. The molecule has 0 heterocycles. The molecule has 0 aromatic rings. The normalized spacial score (nSPS) is 11.5. The van der Waals surface area contributed by atoms with E-state index in [9.17, 15) is 9.18 Å². The van der Waals surface area contributed by atoms with Crippen molar-refractivity contribution in [2.45, 2.75) is 45.2 Å². The summed E-state index contributed by atoms with van der Waals surface area (Å²) < 4.78 is 12.3. The fourth-order valence-electron chi connectivity index (χ4n) is 0.864. The van der Waals surface area contributed by atoms with Crippen LogP contribution in [0.15, 0.2) is 0 Å². The van der Waals surface area contributed by atoms with Crippen molar-refractivity contribution in [2.75, 3.05) is 0 Å². The molecule has 0 aromatic carbocycles. The van der Waals surface area contributed by atoms with E-state index in [0.717, 1.165) is 25.7 Å². The van der Waals surface area contributed by atoms with Gasteiger partial charge in [-0.05, 0) is 6.42 Å². The van der Waals surface area contributed by atoms with E-state index >= 15 is 0 Å². The number of rotatable bonds is 5. The van der Waals surface area contributed by atoms with Gasteiger partial charge in [-0.15, -0.1) is 0 Å². The van der Waals surface area contributed by atoms with Crippen LogP contribution in [0.25, 0.3) is 0 Å². The average molecular weight is 186 g/mol. The zero-order chi connectivity index (χ0) is 10.1. The largest absolute Gasteiger partial charge is 0.478 e. The first kappa shape index (κ1) is 12.0. The molecule has 2 nitrogen and oxygen atoms in total. The number of carbonyl (C=O) groups is 1. The molecule has 0 aliphatic rings. The van der Waals surface area contributed by atoms with E-state index in [4.69, 9.17) is 5.11 Å². The van der Waals surface area contributed by atoms with Gasteiger partial charge in [-0.1, -0.05) is 38.0 Å². The summed E-state index contributed by atoms with van der Waals surface area (Å²) in [6.45, 7) is 2.10. The number of alkyl halides is 1. The van der Waals surface area contributed by atoms with Crippen LogP contribution in [0, 0.1) is 11.8 Å². The van der Waals surface area contributed by atoms with Gasteiger partial charge in [0.2, 0.25) is 0 Å². The minimum absolute atomic E-state index is 0.591. The van der Waals surface area contributed by atoms with Crippen molar-refractivity contribution in [3.63, 3.8) is 0 Å². The molecule has 0 radical (unpaired) electrons. The molecule has 13 heavy (non-hydrogen) atoms. The topological polar surface area (TPSA) is 37.3 Å². The lowest BCUT2D eigenvalue weighted by atomic mass is 10.1. The molecule has 0 aliphatic carbocycles. The molecule has 1 atom stereocenters. The van der Waals surface area contributed by atoms with Crippen LogP contribution in [0.1, 0.15) is 39.0 Å². The van der Waals surface area contributed by atoms with Gasteiger partial charge in [0.15, 0.2) is 0 Å². The highest BCUT2D eigenvalue weighted by Crippen LogP contribution is 2.01. The summed E-state index contributed by atoms with van der Waals surface area (Å²) >= 11 is 0. The van der Waals surface area contributed by atoms with Crippen molar-refractivity contribution in [3.05, 3.63) is 0 Å². The van der Waals surface area contributed by atoms with Gasteiger partial charge in [-0.3, -0.25) is 0 Å². The first-order valence-electron chi connectivity index (χ1n) is 4.53. The molecule has 0 aromatic heterocycles. The van der Waals surface area contributed by atoms with Gasteiger partial charge in [0.1, 0.15) is 0 Å². The van der Waals surface area contributed by atoms with E-state index in [1.54, 1.807) is 0 Å². The Kier molecular flexibility index (Phi) is 6.99. The Morgan fingerprint density at radius 3 is 2.69 bits per heavy atom. The summed E-state index contributed by atoms with van der Waals surface area (Å²) in [6, 6.07) is 0. The van der Waals surface area contributed by atoms with E-state index in [-0.39, 0.29) is 0 Å². The quantitative estimate of drug-likeness (QED) is 0.528. The first-order chi connectivity index (χ1) is 6.18. The van der Waals surface area contributed by atoms with Crippen molar-refractivity contribution in [1.82, 2.24) is 0 Å². The molecule has 0 amide bonds. The Balaban J connectivity index is 3.44. The fourth-order valence-corrected chi connectivity index (χ4v) is 0.864. The second kappa shape index (κ2) is 7.60. The maximum absolute atomic E-state index is 12.3. The molecule has 3 heteroatoms. The Morgan fingerprint density at radius 2 is 2.15 bits per heavy atom. The molecule has 74 valence electrons. The van der Waals surface area contributed by atoms with E-state index in [2.05, 4.69) is 12.8 Å². The molecule has 0 unspecified atom stereocenters. The van der Waals surface area contributed by atoms with Crippen molar-refractivity contribution >= 4 is 5.97 Å². The summed E-state index contributed by atoms with van der Waals surface area (Å²) in [5, 5.41) is 8.15. The SMILES string of the molecule is CCCCCCC#C[C@H](F)C(=O)O. The van der Waals surface area contributed by atoms with Crippen LogP contribution >= 0.6 is 0 Å². The number of carboxylic acid groups (broad SMARTS) is 1. The van der Waals surface area contributed by atoms with Crippen LogP contribution in [-0.4, -0.2) is 17.2 Å². The van der Waals surface area contributed by atoms with Gasteiger partial charge in [0.05, 0.1) is 0 Å². The third-order valence-corrected chi connectivity index (χ3v) is 1.60. The third-order valence-electron chi connectivity index (χ3n) is 1.60. The minimum Gasteiger partial charge on any atom is -0.478 e. The monoisotopic (exact) mass is 186 g/mol. The molecule has 0 saturated heterocycles. The molecule has 0 rings (SSSR count). The number of hydrogen-bond acceptors (Lipinski definition) is 1. The van der Waals surface area contributed by atoms with E-state index in [0.29, 0.717) is 6.42 Å². The molecule has 0 spiro atoms. The molecule has 0 fully saturated rings. The smallest absolute Gasteiger partial charge is 0.351 e. The molecular weight excluding hydrogens is 171 g/mol. The summed E-state index contributed by atoms with van der Waals surface area (Å²) in [4.78, 5) is 9.99. The number of aliphatic carboxylic acids is 1. The van der Waals surface area contributed by atoms with Crippen molar-refractivity contribution in [2.24, 2.45) is 0 Å². The lowest BCUT2D eigenvalue weighted by molar-refractivity contribution is -0.140. The highest BCUT2D eigenvalue weighted by atomic mass is 19.1. The highest BCUT2D eigenvalue weighted by Gasteiger charge is 2.09. The lowest BCUT2D eigenvalue weighted by Gasteiger charge is -1.92. The van der Waals surface area contributed by atoms with Crippen molar-refractivity contribution in [1.29, 1.82) is 0 Å². The van der Waals surface area contributed by atoms with Crippen LogP contribution in [0.5, 0.6) is 0 Å². The molecular formula is C10H15FO2. The van der Waals surface area contributed by atoms with Gasteiger partial charge in [-0.2, -0.15) is 0 Å². The number of carboxylic acids is 1. The number of hydrogen-bond donors (Lipinski definition) is 1. The van der Waals surface area contributed by atoms with Gasteiger partial charge >= 0.3 is 5.97 Å². The van der Waals surface area contributed by atoms with Gasteiger partial charge in [0, 0.05) is 6.42 Å². The maximum Gasteiger partial charge on any atom is 0.351 e. The van der Waals surface area contributed by atoms with Crippen LogP contribution in [0.2, 0.25) is 0 Å². The summed E-state index contributed by atoms with van der Waals surface area (Å²) in [6.07, 6.45) is 2.87. The predicted molar refractivity (Wildman–Crippen MR) is 49.1 cm³/mol. The Labute approximate surface area is 78.1 Å². The first-order valence-corrected chi connectivity index (χ1v) is 4.53. The second-order valence-corrected chi connectivity index (χ2v) is 2.83. The number of unbranched alkanes of at least 4 members (excludes halogenated alkanes) is 4. The molecule has 1 N–H and O–H groups in total. The Hall–Kier alpha value is -1.04. The lowest BCUT2D eigenvalue weighted by Crippen LogP contribution is -2.11. The zero-order valence-electron chi connectivity index (χ0n) is 7.85. The average Bonchev–Trinajstić information content (AvgIpc) is 2.10. The van der Waals surface area contributed by atoms with Gasteiger partial charge in [0.25, 0.3) is 6.17 Å². The van der Waals surface area contributed by atoms with Gasteiger partial charge in [-0.25, -0.2) is 9.18 Å².